The van der Waals surface area contributed by atoms with Crippen molar-refractivity contribution in [3.63, 3.8) is 0 Å². The summed E-state index contributed by atoms with van der Waals surface area (Å²) in [6.45, 7) is 2.25. The molecule has 0 aromatic carbocycles. The first-order chi connectivity index (χ1) is 10.6. The van der Waals surface area contributed by atoms with Gasteiger partial charge in [-0.15, -0.1) is 0 Å². The first-order valence-electron chi connectivity index (χ1n) is 8.85. The van der Waals surface area contributed by atoms with Gasteiger partial charge in [0.15, 0.2) is 0 Å². The summed E-state index contributed by atoms with van der Waals surface area (Å²) in [5, 5.41) is 0.686. The molecule has 0 aliphatic heterocycles. The minimum Gasteiger partial charge on any atom is -0.744 e. The molecule has 0 atom stereocenters. The van der Waals surface area contributed by atoms with Crippen molar-refractivity contribution >= 4 is 10.1 Å². The van der Waals surface area contributed by atoms with Gasteiger partial charge < -0.3 is 4.55 Å². The van der Waals surface area contributed by atoms with E-state index in [1.807, 2.05) is 6.08 Å². The monoisotopic (exact) mass is 352 g/mol. The fourth-order valence-electron chi connectivity index (χ4n) is 2.42. The van der Waals surface area contributed by atoms with E-state index in [-0.39, 0.29) is 29.6 Å². The average Bonchev–Trinajstić information content (AvgIpc) is 2.45. The van der Waals surface area contributed by atoms with Gasteiger partial charge in [0, 0.05) is 5.41 Å². The molecule has 130 valence electrons. The molecule has 0 rings (SSSR count). The number of hydrogen-bond donors (Lipinski definition) is 0. The molecule has 0 radical (unpaired) electrons. The Morgan fingerprint density at radius 1 is 0.739 bits per heavy atom. The van der Waals surface area contributed by atoms with E-state index in [9.17, 15) is 13.0 Å². The number of hydrogen-bond acceptors (Lipinski definition) is 3. The van der Waals surface area contributed by atoms with Crippen LogP contribution in [0.2, 0.25) is 0 Å². The maximum Gasteiger partial charge on any atom is 1.00 e. The summed E-state index contributed by atoms with van der Waals surface area (Å²) in [5.74, 6) is 0. The van der Waals surface area contributed by atoms with Gasteiger partial charge in [-0.05, 0) is 12.8 Å². The van der Waals surface area contributed by atoms with Crippen LogP contribution in [0.1, 0.15) is 90.4 Å². The molecule has 0 aromatic rings. The summed E-state index contributed by atoms with van der Waals surface area (Å²) < 4.78 is 30.9. The molecule has 23 heavy (non-hydrogen) atoms. The van der Waals surface area contributed by atoms with Gasteiger partial charge in [-0.2, -0.15) is 0 Å². The van der Waals surface area contributed by atoms with Gasteiger partial charge in [-0.1, -0.05) is 95.8 Å². The standard InChI is InChI=1S/C18H34O3S.Na/c1-2-3-4-5-6-7-8-9-10-11-12-13-14-15-16-17-18-22(19,20)21;/h15-18H,2-14H2,1H3,(H,19,20,21);/q;+1/p-1. The van der Waals surface area contributed by atoms with Crippen LogP contribution in [0.15, 0.2) is 23.6 Å². The number of rotatable bonds is 15. The summed E-state index contributed by atoms with van der Waals surface area (Å²) in [6.07, 6.45) is 21.8. The summed E-state index contributed by atoms with van der Waals surface area (Å²) in [7, 11) is -4.23. The first-order valence-corrected chi connectivity index (χ1v) is 10.3. The molecule has 0 aromatic heterocycles. The summed E-state index contributed by atoms with van der Waals surface area (Å²) >= 11 is 0. The Bertz CT molecular complexity index is 389. The second kappa shape index (κ2) is 18.7. The zero-order valence-electron chi connectivity index (χ0n) is 15.1. The van der Waals surface area contributed by atoms with Crippen LogP contribution in [0.4, 0.5) is 0 Å². The van der Waals surface area contributed by atoms with Crippen molar-refractivity contribution in [1.82, 2.24) is 0 Å². The van der Waals surface area contributed by atoms with E-state index in [0.29, 0.717) is 5.41 Å². The maximum atomic E-state index is 10.3. The molecule has 5 heteroatoms. The Kier molecular flexibility index (Phi) is 20.9. The SMILES string of the molecule is CCCCCCCCCCCCCCC=CC=CS(=O)(=O)[O-].[Na+]. The van der Waals surface area contributed by atoms with E-state index >= 15 is 0 Å². The molecule has 0 unspecified atom stereocenters. The fourth-order valence-corrected chi connectivity index (χ4v) is 2.70. The van der Waals surface area contributed by atoms with E-state index in [0.717, 1.165) is 12.8 Å². The van der Waals surface area contributed by atoms with Crippen LogP contribution in [0.3, 0.4) is 0 Å². The smallest absolute Gasteiger partial charge is 0.744 e. The van der Waals surface area contributed by atoms with Crippen molar-refractivity contribution in [2.24, 2.45) is 0 Å². The van der Waals surface area contributed by atoms with Crippen molar-refractivity contribution in [3.8, 4) is 0 Å². The quantitative estimate of drug-likeness (QED) is 0.197. The Balaban J connectivity index is 0. The molecule has 0 aliphatic carbocycles. The third-order valence-corrected chi connectivity index (χ3v) is 4.21. The molecule has 0 amide bonds. The summed E-state index contributed by atoms with van der Waals surface area (Å²) in [4.78, 5) is 0. The largest absolute Gasteiger partial charge is 1.00 e. The van der Waals surface area contributed by atoms with Crippen molar-refractivity contribution in [2.75, 3.05) is 0 Å². The third kappa shape index (κ3) is 24.8. The molecule has 0 spiro atoms. The van der Waals surface area contributed by atoms with Gasteiger partial charge in [0.05, 0.1) is 0 Å². The molecule has 0 saturated carbocycles. The molecule has 0 N–H and O–H groups in total. The third-order valence-electron chi connectivity index (χ3n) is 3.72. The van der Waals surface area contributed by atoms with Gasteiger partial charge in [0.2, 0.25) is 0 Å². The minimum absolute atomic E-state index is 0. The van der Waals surface area contributed by atoms with E-state index in [4.69, 9.17) is 0 Å². The maximum absolute atomic E-state index is 10.3. The predicted octanol–water partition coefficient (Wildman–Crippen LogP) is 2.70. The zero-order valence-corrected chi connectivity index (χ0v) is 18.0. The van der Waals surface area contributed by atoms with Crippen molar-refractivity contribution in [3.05, 3.63) is 23.6 Å². The van der Waals surface area contributed by atoms with E-state index in [1.165, 1.54) is 76.7 Å². The molecule has 3 nitrogen and oxygen atoms in total. The van der Waals surface area contributed by atoms with Crippen molar-refractivity contribution < 1.29 is 42.5 Å². The second-order valence-corrected chi connectivity index (χ2v) is 7.19. The summed E-state index contributed by atoms with van der Waals surface area (Å²) in [5.41, 5.74) is 0. The van der Waals surface area contributed by atoms with E-state index in [1.54, 1.807) is 6.08 Å². The summed E-state index contributed by atoms with van der Waals surface area (Å²) in [6, 6.07) is 0. The van der Waals surface area contributed by atoms with E-state index < -0.39 is 10.1 Å². The molecular formula is C18H33NaO3S. The second-order valence-electron chi connectivity index (χ2n) is 5.93. The van der Waals surface area contributed by atoms with Gasteiger partial charge in [0.25, 0.3) is 0 Å². The van der Waals surface area contributed by atoms with Gasteiger partial charge in [-0.3, -0.25) is 0 Å². The fraction of sp³-hybridized carbons (Fsp3) is 0.778. The number of allylic oxidation sites excluding steroid dienone is 3. The van der Waals surface area contributed by atoms with Crippen LogP contribution < -0.4 is 29.6 Å². The Labute approximate surface area is 166 Å². The normalized spacial score (nSPS) is 12.1. The minimum atomic E-state index is -4.23. The average molecular weight is 353 g/mol. The predicted molar refractivity (Wildman–Crippen MR) is 93.7 cm³/mol. The van der Waals surface area contributed by atoms with E-state index in [2.05, 4.69) is 6.92 Å². The Morgan fingerprint density at radius 2 is 1.17 bits per heavy atom. The Hall–Kier alpha value is 0.390. The van der Waals surface area contributed by atoms with Crippen LogP contribution in [0.25, 0.3) is 0 Å². The first kappa shape index (κ1) is 25.6. The number of unbranched alkanes of at least 4 members (excludes halogenated alkanes) is 12. The van der Waals surface area contributed by atoms with Crippen molar-refractivity contribution in [1.29, 1.82) is 0 Å². The van der Waals surface area contributed by atoms with Crippen LogP contribution in [0.5, 0.6) is 0 Å². The van der Waals surface area contributed by atoms with Crippen LogP contribution >= 0.6 is 0 Å². The topological polar surface area (TPSA) is 57.2 Å². The zero-order chi connectivity index (χ0) is 16.5. The molecule has 0 aliphatic rings. The van der Waals surface area contributed by atoms with Crippen molar-refractivity contribution in [2.45, 2.75) is 90.4 Å². The molecule has 0 bridgehead atoms. The van der Waals surface area contributed by atoms with Crippen LogP contribution in [0, 0.1) is 0 Å². The van der Waals surface area contributed by atoms with Crippen LogP contribution in [-0.2, 0) is 10.1 Å². The Morgan fingerprint density at radius 3 is 1.61 bits per heavy atom. The molecule has 0 heterocycles. The molecule has 0 saturated heterocycles. The van der Waals surface area contributed by atoms with Gasteiger partial charge in [0.1, 0.15) is 10.1 Å². The molecule has 0 fully saturated rings. The van der Waals surface area contributed by atoms with Crippen LogP contribution in [-0.4, -0.2) is 13.0 Å². The van der Waals surface area contributed by atoms with Gasteiger partial charge in [-0.25, -0.2) is 8.42 Å². The van der Waals surface area contributed by atoms with Gasteiger partial charge >= 0.3 is 29.6 Å². The molecular weight excluding hydrogens is 319 g/mol.